The van der Waals surface area contributed by atoms with Gasteiger partial charge >= 0.3 is 0 Å². The monoisotopic (exact) mass is 257 g/mol. The molecule has 17 heavy (non-hydrogen) atoms. The summed E-state index contributed by atoms with van der Waals surface area (Å²) in [7, 11) is 1.60. The van der Waals surface area contributed by atoms with Crippen molar-refractivity contribution >= 4 is 29.3 Å². The predicted octanol–water partition coefficient (Wildman–Crippen LogP) is 0.896. The van der Waals surface area contributed by atoms with Gasteiger partial charge in [0.15, 0.2) is 0 Å². The second kappa shape index (κ2) is 5.18. The van der Waals surface area contributed by atoms with Crippen molar-refractivity contribution in [2.75, 3.05) is 24.6 Å². The maximum Gasteiger partial charge on any atom is 0.227 e. The Hall–Kier alpha value is -1.56. The first kappa shape index (κ1) is 13.5. The Morgan fingerprint density at radius 1 is 1.53 bits per heavy atom. The molecule has 4 N–H and O–H groups in total. The van der Waals surface area contributed by atoms with Crippen molar-refractivity contribution in [3.8, 4) is 0 Å². The van der Waals surface area contributed by atoms with Gasteiger partial charge in [0.2, 0.25) is 11.9 Å². The zero-order valence-corrected chi connectivity index (χ0v) is 10.8. The number of carbonyl (C=O) groups is 1. The summed E-state index contributed by atoms with van der Waals surface area (Å²) in [6.45, 7) is 4.06. The van der Waals surface area contributed by atoms with Crippen molar-refractivity contribution in [2.24, 2.45) is 5.41 Å². The van der Waals surface area contributed by atoms with Gasteiger partial charge in [-0.25, -0.2) is 4.98 Å². The van der Waals surface area contributed by atoms with Crippen LogP contribution in [0.3, 0.4) is 0 Å². The first-order valence-corrected chi connectivity index (χ1v) is 5.49. The fourth-order valence-electron chi connectivity index (χ4n) is 1.26. The Labute approximate surface area is 105 Å². The molecule has 0 saturated heterocycles. The molecule has 0 spiro atoms. The molecule has 0 aliphatic rings. The van der Waals surface area contributed by atoms with Crippen LogP contribution in [0.4, 0.5) is 11.8 Å². The number of nitrogen functional groups attached to an aromatic ring is 1. The first-order chi connectivity index (χ1) is 7.85. The van der Waals surface area contributed by atoms with Crippen molar-refractivity contribution in [3.63, 3.8) is 0 Å². The minimum absolute atomic E-state index is 0.0573. The number of carbonyl (C=O) groups excluding carboxylic acids is 1. The lowest BCUT2D eigenvalue weighted by Crippen LogP contribution is -2.39. The molecule has 1 amide bonds. The van der Waals surface area contributed by atoms with Crippen LogP contribution in [0, 0.1) is 5.41 Å². The summed E-state index contributed by atoms with van der Waals surface area (Å²) in [5.74, 6) is 0.537. The van der Waals surface area contributed by atoms with Gasteiger partial charge in [0, 0.05) is 19.7 Å². The van der Waals surface area contributed by atoms with Gasteiger partial charge in [-0.05, 0) is 13.8 Å². The van der Waals surface area contributed by atoms with Crippen molar-refractivity contribution < 1.29 is 4.79 Å². The molecule has 0 aliphatic carbocycles. The van der Waals surface area contributed by atoms with Crippen LogP contribution in [-0.4, -0.2) is 29.5 Å². The van der Waals surface area contributed by atoms with E-state index in [0.717, 1.165) is 0 Å². The second-order valence-corrected chi connectivity index (χ2v) is 4.64. The number of amides is 1. The van der Waals surface area contributed by atoms with Crippen LogP contribution in [-0.2, 0) is 4.79 Å². The van der Waals surface area contributed by atoms with Crippen molar-refractivity contribution in [3.05, 3.63) is 11.2 Å². The molecule has 0 bridgehead atoms. The van der Waals surface area contributed by atoms with Gasteiger partial charge in [0.05, 0.1) is 5.41 Å². The normalized spacial score (nSPS) is 11.1. The molecule has 1 aromatic rings. The molecule has 1 aromatic heterocycles. The Morgan fingerprint density at radius 3 is 2.71 bits per heavy atom. The van der Waals surface area contributed by atoms with Gasteiger partial charge in [0.1, 0.15) is 11.0 Å². The fraction of sp³-hybridized carbons (Fsp3) is 0.500. The Balaban J connectivity index is 2.70. The summed E-state index contributed by atoms with van der Waals surface area (Å²) in [6.07, 6.45) is 0. The topological polar surface area (TPSA) is 92.9 Å². The van der Waals surface area contributed by atoms with Crippen molar-refractivity contribution in [2.45, 2.75) is 13.8 Å². The molecule has 1 heterocycles. The first-order valence-electron chi connectivity index (χ1n) is 5.11. The standard InChI is InChI=1S/C10H16ClN5O/c1-10(2,8(17)13-3)5-14-7-4-6(11)15-9(12)16-7/h4H,5H2,1-3H3,(H,13,17)(H3,12,14,15,16). The zero-order chi connectivity index (χ0) is 13.1. The van der Waals surface area contributed by atoms with E-state index in [1.54, 1.807) is 13.1 Å². The summed E-state index contributed by atoms with van der Waals surface area (Å²) in [5.41, 5.74) is 4.90. The van der Waals surface area contributed by atoms with E-state index in [1.165, 1.54) is 0 Å². The van der Waals surface area contributed by atoms with E-state index in [4.69, 9.17) is 17.3 Å². The number of nitrogens with zero attached hydrogens (tertiary/aromatic N) is 2. The summed E-state index contributed by atoms with van der Waals surface area (Å²) < 4.78 is 0. The number of nitrogens with two attached hydrogens (primary N) is 1. The smallest absolute Gasteiger partial charge is 0.227 e. The van der Waals surface area contributed by atoms with Crippen LogP contribution in [0.15, 0.2) is 6.07 Å². The van der Waals surface area contributed by atoms with E-state index in [0.29, 0.717) is 12.4 Å². The van der Waals surface area contributed by atoms with E-state index < -0.39 is 5.41 Å². The van der Waals surface area contributed by atoms with Gasteiger partial charge < -0.3 is 16.4 Å². The summed E-state index contributed by atoms with van der Waals surface area (Å²) in [4.78, 5) is 19.3. The molecule has 1 rings (SSSR count). The SMILES string of the molecule is CNC(=O)C(C)(C)CNc1cc(Cl)nc(N)n1. The minimum atomic E-state index is -0.555. The second-order valence-electron chi connectivity index (χ2n) is 4.25. The summed E-state index contributed by atoms with van der Waals surface area (Å²) in [5, 5.41) is 5.87. The third-order valence-electron chi connectivity index (χ3n) is 2.27. The summed E-state index contributed by atoms with van der Waals surface area (Å²) in [6, 6.07) is 1.55. The quantitative estimate of drug-likeness (QED) is 0.697. The number of rotatable bonds is 4. The average molecular weight is 258 g/mol. The van der Waals surface area contributed by atoms with Gasteiger partial charge in [-0.15, -0.1) is 0 Å². The fourth-order valence-corrected chi connectivity index (χ4v) is 1.45. The van der Waals surface area contributed by atoms with Crippen LogP contribution < -0.4 is 16.4 Å². The molecule has 0 unspecified atom stereocenters. The highest BCUT2D eigenvalue weighted by molar-refractivity contribution is 6.29. The lowest BCUT2D eigenvalue weighted by molar-refractivity contribution is -0.128. The van der Waals surface area contributed by atoms with Gasteiger partial charge in [-0.2, -0.15) is 4.98 Å². The highest BCUT2D eigenvalue weighted by atomic mass is 35.5. The molecular weight excluding hydrogens is 242 g/mol. The molecular formula is C10H16ClN5O. The molecule has 7 heteroatoms. The highest BCUT2D eigenvalue weighted by Crippen LogP contribution is 2.18. The van der Waals surface area contributed by atoms with Crippen LogP contribution in [0.2, 0.25) is 5.15 Å². The Morgan fingerprint density at radius 2 is 2.18 bits per heavy atom. The third kappa shape index (κ3) is 3.74. The molecule has 0 saturated carbocycles. The maximum absolute atomic E-state index is 11.6. The number of aromatic nitrogens is 2. The number of hydrogen-bond acceptors (Lipinski definition) is 5. The molecule has 0 aromatic carbocycles. The van der Waals surface area contributed by atoms with Gasteiger partial charge in [-0.1, -0.05) is 11.6 Å². The summed E-state index contributed by atoms with van der Waals surface area (Å²) >= 11 is 5.74. The number of hydrogen-bond donors (Lipinski definition) is 3. The Bertz CT molecular complexity index is 401. The van der Waals surface area contributed by atoms with Crippen LogP contribution in [0.5, 0.6) is 0 Å². The molecule has 94 valence electrons. The largest absolute Gasteiger partial charge is 0.369 e. The van der Waals surface area contributed by atoms with Gasteiger partial charge in [-0.3, -0.25) is 4.79 Å². The number of anilines is 2. The van der Waals surface area contributed by atoms with E-state index in [2.05, 4.69) is 20.6 Å². The van der Waals surface area contributed by atoms with Crippen molar-refractivity contribution in [1.82, 2.24) is 15.3 Å². The van der Waals surface area contributed by atoms with E-state index in [-0.39, 0.29) is 17.0 Å². The lowest BCUT2D eigenvalue weighted by Gasteiger charge is -2.23. The Kier molecular flexibility index (Phi) is 4.11. The average Bonchev–Trinajstić information content (AvgIpc) is 2.24. The van der Waals surface area contributed by atoms with E-state index in [9.17, 15) is 4.79 Å². The number of halogens is 1. The van der Waals surface area contributed by atoms with Crippen LogP contribution >= 0.6 is 11.6 Å². The molecule has 0 aliphatic heterocycles. The lowest BCUT2D eigenvalue weighted by atomic mass is 9.92. The third-order valence-corrected chi connectivity index (χ3v) is 2.46. The maximum atomic E-state index is 11.6. The molecule has 6 nitrogen and oxygen atoms in total. The predicted molar refractivity (Wildman–Crippen MR) is 67.8 cm³/mol. The highest BCUT2D eigenvalue weighted by Gasteiger charge is 2.26. The van der Waals surface area contributed by atoms with E-state index in [1.807, 2.05) is 13.8 Å². The minimum Gasteiger partial charge on any atom is -0.369 e. The van der Waals surface area contributed by atoms with E-state index >= 15 is 0 Å². The van der Waals surface area contributed by atoms with Crippen LogP contribution in [0.1, 0.15) is 13.8 Å². The molecule has 0 fully saturated rings. The zero-order valence-electron chi connectivity index (χ0n) is 10.0. The molecule has 0 radical (unpaired) electrons. The van der Waals surface area contributed by atoms with Crippen molar-refractivity contribution in [1.29, 1.82) is 0 Å². The van der Waals surface area contributed by atoms with Gasteiger partial charge in [0.25, 0.3) is 0 Å². The van der Waals surface area contributed by atoms with Crippen LogP contribution in [0.25, 0.3) is 0 Å². The molecule has 0 atom stereocenters. The number of nitrogens with one attached hydrogen (secondary N) is 2.